The van der Waals surface area contributed by atoms with Gasteiger partial charge in [-0.1, -0.05) is 36.4 Å². The molecule has 0 fully saturated rings. The second-order valence-electron chi connectivity index (χ2n) is 5.08. The Morgan fingerprint density at radius 3 is 2.44 bits per heavy atom. The molecule has 0 atom stereocenters. The van der Waals surface area contributed by atoms with E-state index in [4.69, 9.17) is 0 Å². The lowest BCUT2D eigenvalue weighted by molar-refractivity contribution is -0.137. The number of carbonyl (C=O) groups is 1. The van der Waals surface area contributed by atoms with Gasteiger partial charge in [-0.25, -0.2) is 9.18 Å². The van der Waals surface area contributed by atoms with Crippen molar-refractivity contribution in [3.05, 3.63) is 65.5 Å². The minimum absolute atomic E-state index is 0.249. The van der Waals surface area contributed by atoms with Gasteiger partial charge in [0.25, 0.3) is 0 Å². The molecular weight excluding hydrogens is 356 g/mol. The van der Waals surface area contributed by atoms with Crippen molar-refractivity contribution in [1.82, 2.24) is 5.32 Å². The lowest BCUT2D eigenvalue weighted by Gasteiger charge is -2.14. The van der Waals surface area contributed by atoms with Gasteiger partial charge in [0.05, 0.1) is 11.3 Å². The first-order valence-corrected chi connectivity index (χ1v) is 8.55. The molecule has 0 saturated heterocycles. The maximum absolute atomic E-state index is 13.6. The molecule has 0 radical (unpaired) electrons. The number of benzene rings is 2. The minimum atomic E-state index is -4.75. The molecule has 3 nitrogen and oxygen atoms in total. The van der Waals surface area contributed by atoms with Crippen molar-refractivity contribution in [2.75, 3.05) is 17.6 Å². The molecule has 0 aromatic heterocycles. The highest BCUT2D eigenvalue weighted by atomic mass is 32.2. The molecule has 0 bridgehead atoms. The Hall–Kier alpha value is -2.22. The Kier molecular flexibility index (Phi) is 6.69. The van der Waals surface area contributed by atoms with E-state index >= 15 is 0 Å². The zero-order valence-corrected chi connectivity index (χ0v) is 13.9. The summed E-state index contributed by atoms with van der Waals surface area (Å²) in [6.07, 6.45) is -4.75. The van der Waals surface area contributed by atoms with E-state index in [1.807, 2.05) is 35.6 Å². The fourth-order valence-corrected chi connectivity index (χ4v) is 2.87. The third-order valence-electron chi connectivity index (χ3n) is 3.20. The molecule has 2 N–H and O–H groups in total. The molecule has 0 spiro atoms. The number of hydrogen-bond acceptors (Lipinski definition) is 2. The van der Waals surface area contributed by atoms with Gasteiger partial charge in [0.2, 0.25) is 0 Å². The summed E-state index contributed by atoms with van der Waals surface area (Å²) >= 11 is 1.57. The molecule has 8 heteroatoms. The second kappa shape index (κ2) is 8.75. The van der Waals surface area contributed by atoms with Crippen LogP contribution in [0.5, 0.6) is 0 Å². The third kappa shape index (κ3) is 5.97. The van der Waals surface area contributed by atoms with Crippen LogP contribution in [0.15, 0.2) is 48.5 Å². The van der Waals surface area contributed by atoms with Crippen LogP contribution in [0.2, 0.25) is 0 Å². The van der Waals surface area contributed by atoms with E-state index in [1.165, 1.54) is 0 Å². The van der Waals surface area contributed by atoms with Crippen LogP contribution < -0.4 is 10.6 Å². The van der Waals surface area contributed by atoms with Crippen LogP contribution in [0.25, 0.3) is 0 Å². The second-order valence-corrected chi connectivity index (χ2v) is 6.18. The average molecular weight is 372 g/mol. The van der Waals surface area contributed by atoms with Crippen molar-refractivity contribution in [2.45, 2.75) is 11.9 Å². The number of urea groups is 1. The largest absolute Gasteiger partial charge is 0.418 e. The van der Waals surface area contributed by atoms with E-state index in [9.17, 15) is 22.4 Å². The molecule has 0 unspecified atom stereocenters. The number of amides is 2. The Morgan fingerprint density at radius 2 is 1.76 bits per heavy atom. The lowest BCUT2D eigenvalue weighted by atomic mass is 10.1. The molecule has 2 aromatic carbocycles. The van der Waals surface area contributed by atoms with Crippen LogP contribution in [-0.4, -0.2) is 18.3 Å². The number of halogens is 4. The summed E-state index contributed by atoms with van der Waals surface area (Å²) in [4.78, 5) is 11.7. The fraction of sp³-hybridized carbons (Fsp3) is 0.235. The Labute approximate surface area is 146 Å². The molecule has 0 heterocycles. The van der Waals surface area contributed by atoms with Gasteiger partial charge in [0.1, 0.15) is 5.82 Å². The maximum atomic E-state index is 13.6. The maximum Gasteiger partial charge on any atom is 0.418 e. The number of alkyl halides is 3. The van der Waals surface area contributed by atoms with Gasteiger partial charge in [-0.05, 0) is 17.7 Å². The standard InChI is InChI=1S/C17H16F4N2OS/c18-14-8-4-7-13(17(19,20)21)15(14)23-16(24)22-9-10-25-11-12-5-2-1-3-6-12/h1-8H,9-11H2,(H2,22,23,24). The van der Waals surface area contributed by atoms with Gasteiger partial charge in [-0.2, -0.15) is 24.9 Å². The number of anilines is 1. The lowest BCUT2D eigenvalue weighted by Crippen LogP contribution is -2.31. The van der Waals surface area contributed by atoms with E-state index in [0.29, 0.717) is 11.8 Å². The first-order chi connectivity index (χ1) is 11.9. The number of thioether (sulfide) groups is 1. The van der Waals surface area contributed by atoms with Gasteiger partial charge in [0, 0.05) is 18.1 Å². The Bertz CT molecular complexity index is 708. The van der Waals surface area contributed by atoms with Gasteiger partial charge < -0.3 is 10.6 Å². The minimum Gasteiger partial charge on any atom is -0.337 e. The highest BCUT2D eigenvalue weighted by molar-refractivity contribution is 7.98. The average Bonchev–Trinajstić information content (AvgIpc) is 2.56. The topological polar surface area (TPSA) is 41.1 Å². The van der Waals surface area contributed by atoms with Crippen molar-refractivity contribution in [2.24, 2.45) is 0 Å². The molecule has 0 aliphatic carbocycles. The zero-order chi connectivity index (χ0) is 18.3. The van der Waals surface area contributed by atoms with Crippen molar-refractivity contribution in [1.29, 1.82) is 0 Å². The summed E-state index contributed by atoms with van der Waals surface area (Å²) in [5.74, 6) is 0.199. The molecule has 134 valence electrons. The van der Waals surface area contributed by atoms with Gasteiger partial charge in [0.15, 0.2) is 0 Å². The molecular formula is C17H16F4N2OS. The summed E-state index contributed by atoms with van der Waals surface area (Å²) in [6.45, 7) is 0.249. The fourth-order valence-electron chi connectivity index (χ4n) is 2.05. The Balaban J connectivity index is 1.81. The number of rotatable bonds is 6. The van der Waals surface area contributed by atoms with E-state index in [0.717, 1.165) is 23.4 Å². The summed E-state index contributed by atoms with van der Waals surface area (Å²) < 4.78 is 52.2. The van der Waals surface area contributed by atoms with Crippen LogP contribution >= 0.6 is 11.8 Å². The first-order valence-electron chi connectivity index (χ1n) is 7.40. The normalized spacial score (nSPS) is 11.2. The van der Waals surface area contributed by atoms with E-state index in [2.05, 4.69) is 5.32 Å². The molecule has 0 aliphatic rings. The molecule has 2 aromatic rings. The summed E-state index contributed by atoms with van der Waals surface area (Å²) in [6, 6.07) is 11.4. The molecule has 0 saturated carbocycles. The molecule has 2 amide bonds. The van der Waals surface area contributed by atoms with Crippen molar-refractivity contribution in [3.8, 4) is 0 Å². The van der Waals surface area contributed by atoms with Crippen molar-refractivity contribution >= 4 is 23.5 Å². The highest BCUT2D eigenvalue weighted by Gasteiger charge is 2.35. The number of para-hydroxylation sites is 1. The van der Waals surface area contributed by atoms with Crippen molar-refractivity contribution in [3.63, 3.8) is 0 Å². The number of carbonyl (C=O) groups excluding carboxylic acids is 1. The van der Waals surface area contributed by atoms with E-state index < -0.39 is 29.3 Å². The summed E-state index contributed by atoms with van der Waals surface area (Å²) in [5.41, 5.74) is -0.955. The van der Waals surface area contributed by atoms with Crippen LogP contribution in [0.1, 0.15) is 11.1 Å². The van der Waals surface area contributed by atoms with Crippen LogP contribution in [0, 0.1) is 5.82 Å². The SMILES string of the molecule is O=C(NCCSCc1ccccc1)Nc1c(F)cccc1C(F)(F)F. The molecule has 0 aliphatic heterocycles. The monoisotopic (exact) mass is 372 g/mol. The van der Waals surface area contributed by atoms with Crippen LogP contribution in [0.4, 0.5) is 28.0 Å². The zero-order valence-electron chi connectivity index (χ0n) is 13.1. The summed E-state index contributed by atoms with van der Waals surface area (Å²) in [5, 5.41) is 4.36. The Morgan fingerprint density at radius 1 is 1.04 bits per heavy atom. The smallest absolute Gasteiger partial charge is 0.337 e. The molecule has 25 heavy (non-hydrogen) atoms. The quantitative estimate of drug-likeness (QED) is 0.559. The first kappa shape index (κ1) is 19.1. The predicted octanol–water partition coefficient (Wildman–Crippen LogP) is 4.90. The van der Waals surface area contributed by atoms with Crippen LogP contribution in [0.3, 0.4) is 0 Å². The molecule has 2 rings (SSSR count). The third-order valence-corrected chi connectivity index (χ3v) is 4.23. The van der Waals surface area contributed by atoms with E-state index in [1.54, 1.807) is 11.8 Å². The highest BCUT2D eigenvalue weighted by Crippen LogP contribution is 2.36. The van der Waals surface area contributed by atoms with Gasteiger partial charge in [-0.3, -0.25) is 0 Å². The van der Waals surface area contributed by atoms with E-state index in [-0.39, 0.29) is 6.54 Å². The van der Waals surface area contributed by atoms with Gasteiger partial charge in [-0.15, -0.1) is 0 Å². The number of nitrogens with one attached hydrogen (secondary N) is 2. The predicted molar refractivity (Wildman–Crippen MR) is 91.0 cm³/mol. The number of hydrogen-bond donors (Lipinski definition) is 2. The van der Waals surface area contributed by atoms with Crippen molar-refractivity contribution < 1.29 is 22.4 Å². The van der Waals surface area contributed by atoms with Gasteiger partial charge >= 0.3 is 12.2 Å². The summed E-state index contributed by atoms with van der Waals surface area (Å²) in [7, 11) is 0. The van der Waals surface area contributed by atoms with Crippen LogP contribution in [-0.2, 0) is 11.9 Å².